The van der Waals surface area contributed by atoms with Crippen molar-refractivity contribution < 1.29 is 27.8 Å². The first kappa shape index (κ1) is 27.5. The largest absolute Gasteiger partial charge is 0.489 e. The lowest BCUT2D eigenvalue weighted by atomic mass is 9.82. The van der Waals surface area contributed by atoms with Crippen molar-refractivity contribution in [2.45, 2.75) is 89.3 Å². The number of benzene rings is 2. The Hall–Kier alpha value is -2.54. The van der Waals surface area contributed by atoms with Crippen molar-refractivity contribution in [2.75, 3.05) is 19.6 Å². The Kier molecular flexibility index (Phi) is 9.17. The van der Waals surface area contributed by atoms with Crippen molar-refractivity contribution in [3.05, 3.63) is 64.2 Å². The molecule has 4 nitrogen and oxygen atoms in total. The lowest BCUT2D eigenvalue weighted by Gasteiger charge is -2.32. The maximum atomic E-state index is 13.9. The van der Waals surface area contributed by atoms with E-state index in [1.54, 1.807) is 12.1 Å². The van der Waals surface area contributed by atoms with Gasteiger partial charge in [0.15, 0.2) is 0 Å². The zero-order chi connectivity index (χ0) is 26.4. The summed E-state index contributed by atoms with van der Waals surface area (Å²) in [6.45, 7) is 4.72. The van der Waals surface area contributed by atoms with Crippen LogP contribution in [0.5, 0.6) is 5.75 Å². The minimum atomic E-state index is -4.40. The fourth-order valence-electron chi connectivity index (χ4n) is 5.98. The lowest BCUT2D eigenvalue weighted by molar-refractivity contribution is -0.139. The number of halogens is 3. The quantitative estimate of drug-likeness (QED) is 0.373. The number of likely N-dealkylation sites (tertiary alicyclic amines) is 1. The number of carboxylic acids is 1. The standard InChI is InChI=1S/C30H38F3NO3/c1-2-22-18-21(8-10-26(22)24-12-15-34(16-13-24)17-14-29(35)36)20-37-25-9-11-27(23-6-4-3-5-7-23)28(19-25)30(31,32)33/h8-11,18-19,23-24H,2-7,12-17,20H2,1H3,(H,35,36). The van der Waals surface area contributed by atoms with Crippen LogP contribution >= 0.6 is 0 Å². The van der Waals surface area contributed by atoms with Crippen LogP contribution in [0.3, 0.4) is 0 Å². The molecule has 7 heteroatoms. The zero-order valence-corrected chi connectivity index (χ0v) is 21.7. The number of rotatable bonds is 9. The van der Waals surface area contributed by atoms with Crippen molar-refractivity contribution in [3.63, 3.8) is 0 Å². The summed E-state index contributed by atoms with van der Waals surface area (Å²) in [5, 5.41) is 8.91. The van der Waals surface area contributed by atoms with Crippen molar-refractivity contribution in [1.82, 2.24) is 4.90 Å². The van der Waals surface area contributed by atoms with E-state index >= 15 is 0 Å². The molecule has 0 atom stereocenters. The number of alkyl halides is 3. The van der Waals surface area contributed by atoms with Crippen LogP contribution < -0.4 is 4.74 Å². The molecule has 1 aliphatic heterocycles. The fraction of sp³-hybridized carbons (Fsp3) is 0.567. The van der Waals surface area contributed by atoms with Gasteiger partial charge in [-0.15, -0.1) is 0 Å². The molecule has 1 N–H and O–H groups in total. The molecule has 0 bridgehead atoms. The average molecular weight is 518 g/mol. The van der Waals surface area contributed by atoms with Gasteiger partial charge in [0.2, 0.25) is 0 Å². The highest BCUT2D eigenvalue weighted by Gasteiger charge is 2.36. The van der Waals surface area contributed by atoms with Crippen LogP contribution in [0.1, 0.15) is 97.9 Å². The first-order chi connectivity index (χ1) is 17.7. The van der Waals surface area contributed by atoms with Crippen molar-refractivity contribution >= 4 is 5.97 Å². The number of nitrogens with zero attached hydrogens (tertiary/aromatic N) is 1. The number of hydrogen-bond donors (Lipinski definition) is 1. The summed E-state index contributed by atoms with van der Waals surface area (Å²) in [7, 11) is 0. The molecular formula is C30H38F3NO3. The predicted molar refractivity (Wildman–Crippen MR) is 138 cm³/mol. The van der Waals surface area contributed by atoms with Crippen molar-refractivity contribution in [1.29, 1.82) is 0 Å². The van der Waals surface area contributed by atoms with E-state index in [2.05, 4.69) is 24.0 Å². The molecule has 2 aromatic carbocycles. The lowest BCUT2D eigenvalue weighted by Crippen LogP contribution is -2.34. The van der Waals surface area contributed by atoms with Gasteiger partial charge in [0.05, 0.1) is 12.0 Å². The molecule has 1 saturated heterocycles. The smallest absolute Gasteiger partial charge is 0.416 e. The second-order valence-corrected chi connectivity index (χ2v) is 10.5. The number of aliphatic carboxylic acids is 1. The summed E-state index contributed by atoms with van der Waals surface area (Å²) >= 11 is 0. The molecule has 37 heavy (non-hydrogen) atoms. The average Bonchev–Trinajstić information content (AvgIpc) is 2.90. The van der Waals surface area contributed by atoms with Crippen LogP contribution in [0.4, 0.5) is 13.2 Å². The number of aryl methyl sites for hydroxylation is 1. The zero-order valence-electron chi connectivity index (χ0n) is 21.7. The van der Waals surface area contributed by atoms with E-state index in [-0.39, 0.29) is 24.7 Å². The third-order valence-corrected chi connectivity index (χ3v) is 8.04. The Morgan fingerprint density at radius 3 is 2.30 bits per heavy atom. The Morgan fingerprint density at radius 2 is 1.65 bits per heavy atom. The molecule has 202 valence electrons. The summed E-state index contributed by atoms with van der Waals surface area (Å²) in [5.74, 6) is -0.0958. The second kappa shape index (κ2) is 12.3. The molecule has 1 heterocycles. The predicted octanol–water partition coefficient (Wildman–Crippen LogP) is 7.55. The highest BCUT2D eigenvalue weighted by atomic mass is 19.4. The van der Waals surface area contributed by atoms with E-state index in [9.17, 15) is 18.0 Å². The van der Waals surface area contributed by atoms with E-state index in [1.165, 1.54) is 17.2 Å². The molecule has 2 aliphatic rings. The number of piperidine rings is 1. The molecule has 2 fully saturated rings. The van der Waals surface area contributed by atoms with Gasteiger partial charge in [0.25, 0.3) is 0 Å². The highest BCUT2D eigenvalue weighted by Crippen LogP contribution is 2.42. The Labute approximate surface area is 217 Å². The van der Waals surface area contributed by atoms with Crippen LogP contribution in [0.2, 0.25) is 0 Å². The van der Waals surface area contributed by atoms with Gasteiger partial charge in [0.1, 0.15) is 12.4 Å². The number of hydrogen-bond acceptors (Lipinski definition) is 3. The van der Waals surface area contributed by atoms with E-state index in [0.29, 0.717) is 18.0 Å². The van der Waals surface area contributed by atoms with Crippen LogP contribution in [0.15, 0.2) is 36.4 Å². The van der Waals surface area contributed by atoms with Gasteiger partial charge in [-0.1, -0.05) is 50.5 Å². The van der Waals surface area contributed by atoms with Gasteiger partial charge in [-0.05, 0) is 91.4 Å². The SMILES string of the molecule is CCc1cc(COc2ccc(C3CCCCC3)c(C(F)(F)F)c2)ccc1C1CCN(CCC(=O)O)CC1. The molecule has 0 amide bonds. The van der Waals surface area contributed by atoms with Crippen molar-refractivity contribution in [3.8, 4) is 5.75 Å². The Morgan fingerprint density at radius 1 is 0.973 bits per heavy atom. The third kappa shape index (κ3) is 7.28. The van der Waals surface area contributed by atoms with Gasteiger partial charge >= 0.3 is 12.1 Å². The van der Waals surface area contributed by atoms with Gasteiger partial charge in [-0.3, -0.25) is 4.79 Å². The molecule has 0 spiro atoms. The summed E-state index contributed by atoms with van der Waals surface area (Å²) in [4.78, 5) is 13.1. The van der Waals surface area contributed by atoms with Gasteiger partial charge < -0.3 is 14.7 Å². The summed E-state index contributed by atoms with van der Waals surface area (Å²) in [6.07, 6.45) is 3.35. The monoisotopic (exact) mass is 517 g/mol. The van der Waals surface area contributed by atoms with Gasteiger partial charge in [-0.25, -0.2) is 0 Å². The summed E-state index contributed by atoms with van der Waals surface area (Å²) in [6, 6.07) is 10.8. The molecule has 1 aliphatic carbocycles. The molecule has 4 rings (SSSR count). The maximum Gasteiger partial charge on any atom is 0.416 e. The topological polar surface area (TPSA) is 49.8 Å². The summed E-state index contributed by atoms with van der Waals surface area (Å²) in [5.41, 5.74) is 3.36. The van der Waals surface area contributed by atoms with E-state index in [4.69, 9.17) is 9.84 Å². The number of carbonyl (C=O) groups is 1. The minimum absolute atomic E-state index is 0.0249. The second-order valence-electron chi connectivity index (χ2n) is 10.5. The van der Waals surface area contributed by atoms with E-state index in [0.717, 1.165) is 70.0 Å². The molecular weight excluding hydrogens is 479 g/mol. The molecule has 2 aromatic rings. The maximum absolute atomic E-state index is 13.9. The van der Waals surface area contributed by atoms with Crippen LogP contribution in [-0.2, 0) is 24.0 Å². The summed E-state index contributed by atoms with van der Waals surface area (Å²) < 4.78 is 47.5. The van der Waals surface area contributed by atoms with Gasteiger partial charge in [-0.2, -0.15) is 13.2 Å². The van der Waals surface area contributed by atoms with Crippen LogP contribution in [0.25, 0.3) is 0 Å². The molecule has 0 aromatic heterocycles. The molecule has 1 saturated carbocycles. The van der Waals surface area contributed by atoms with E-state index < -0.39 is 17.7 Å². The number of carboxylic acid groups (broad SMARTS) is 1. The first-order valence-corrected chi connectivity index (χ1v) is 13.6. The van der Waals surface area contributed by atoms with E-state index in [1.807, 2.05) is 6.07 Å². The van der Waals surface area contributed by atoms with Crippen molar-refractivity contribution in [2.24, 2.45) is 0 Å². The third-order valence-electron chi connectivity index (χ3n) is 8.04. The fourth-order valence-corrected chi connectivity index (χ4v) is 5.98. The number of ether oxygens (including phenoxy) is 1. The Bertz CT molecular complexity index is 1050. The van der Waals surface area contributed by atoms with Crippen LogP contribution in [0, 0.1) is 0 Å². The van der Waals surface area contributed by atoms with Gasteiger partial charge in [0, 0.05) is 6.54 Å². The molecule has 0 radical (unpaired) electrons. The van der Waals surface area contributed by atoms with Crippen LogP contribution in [-0.4, -0.2) is 35.6 Å². The minimum Gasteiger partial charge on any atom is -0.489 e. The Balaban J connectivity index is 1.41. The molecule has 0 unspecified atom stereocenters. The normalized spacial score (nSPS) is 18.2. The highest BCUT2D eigenvalue weighted by molar-refractivity contribution is 5.66. The first-order valence-electron chi connectivity index (χ1n) is 13.6.